The summed E-state index contributed by atoms with van der Waals surface area (Å²) in [5.74, 6) is 0. The molecular weight excluding hydrogens is 653 g/mol. The Morgan fingerprint density at radius 1 is 0.241 bits per heavy atom. The quantitative estimate of drug-likeness (QED) is 0.164. The molecule has 0 amide bonds. The number of rotatable bonds is 3. The van der Waals surface area contributed by atoms with Gasteiger partial charge in [0, 0.05) is 32.9 Å². The Labute approximate surface area is 311 Å². The van der Waals surface area contributed by atoms with Gasteiger partial charge in [0.25, 0.3) is 0 Å². The zero-order valence-corrected chi connectivity index (χ0v) is 29.4. The molecule has 54 heavy (non-hydrogen) atoms. The van der Waals surface area contributed by atoms with E-state index in [0.717, 1.165) is 11.4 Å². The molecular formula is C52H32N2. The molecule has 0 saturated heterocycles. The predicted molar refractivity (Wildman–Crippen MR) is 231 cm³/mol. The van der Waals surface area contributed by atoms with Crippen molar-refractivity contribution in [1.29, 1.82) is 0 Å². The summed E-state index contributed by atoms with van der Waals surface area (Å²) in [7, 11) is 0. The van der Waals surface area contributed by atoms with Gasteiger partial charge >= 0.3 is 0 Å². The lowest BCUT2D eigenvalue weighted by molar-refractivity contribution is 1.18. The lowest BCUT2D eigenvalue weighted by atomic mass is 9.99. The van der Waals surface area contributed by atoms with Gasteiger partial charge in [-0.25, -0.2) is 0 Å². The second kappa shape index (κ2) is 11.2. The van der Waals surface area contributed by atoms with Gasteiger partial charge in [-0.05, 0) is 127 Å². The average molecular weight is 685 g/mol. The fourth-order valence-electron chi connectivity index (χ4n) is 9.13. The van der Waals surface area contributed by atoms with Gasteiger partial charge in [-0.2, -0.15) is 0 Å². The van der Waals surface area contributed by atoms with Crippen LogP contribution in [-0.2, 0) is 0 Å². The van der Waals surface area contributed by atoms with Crippen molar-refractivity contribution in [3.05, 3.63) is 194 Å². The summed E-state index contributed by atoms with van der Waals surface area (Å²) in [5, 5.41) is 15.4. The SMILES string of the molecule is c1ccc2cc3c(ccc4c3c3ccccc3n4-c3ccc(-c4ccc(-n5c6ccccc6c6c7cc8ccccc8cc7ccc65)cc4)cc3)cc2c1. The van der Waals surface area contributed by atoms with Crippen LogP contribution in [0, 0.1) is 0 Å². The summed E-state index contributed by atoms with van der Waals surface area (Å²) in [6, 6.07) is 71.5. The Bertz CT molecular complexity index is 3240. The lowest BCUT2D eigenvalue weighted by Crippen LogP contribution is -1.95. The van der Waals surface area contributed by atoms with Crippen LogP contribution in [0.15, 0.2) is 194 Å². The van der Waals surface area contributed by atoms with Gasteiger partial charge in [0.1, 0.15) is 0 Å². The first-order valence-electron chi connectivity index (χ1n) is 18.7. The molecule has 12 rings (SSSR count). The highest BCUT2D eigenvalue weighted by atomic mass is 15.0. The average Bonchev–Trinajstić information content (AvgIpc) is 3.76. The molecule has 2 aromatic heterocycles. The summed E-state index contributed by atoms with van der Waals surface area (Å²) >= 11 is 0. The molecule has 2 heterocycles. The van der Waals surface area contributed by atoms with E-state index in [1.165, 1.54) is 97.8 Å². The summed E-state index contributed by atoms with van der Waals surface area (Å²) in [4.78, 5) is 0. The van der Waals surface area contributed by atoms with Crippen LogP contribution in [0.1, 0.15) is 0 Å². The lowest BCUT2D eigenvalue weighted by Gasteiger charge is -2.12. The zero-order chi connectivity index (χ0) is 35.3. The maximum Gasteiger partial charge on any atom is 0.0547 e. The molecule has 0 aliphatic carbocycles. The summed E-state index contributed by atoms with van der Waals surface area (Å²) in [5.41, 5.74) is 9.60. The Hall–Kier alpha value is -7.16. The molecule has 12 aromatic rings. The van der Waals surface area contributed by atoms with E-state index in [2.05, 4.69) is 203 Å². The minimum Gasteiger partial charge on any atom is -0.309 e. The van der Waals surface area contributed by atoms with E-state index in [4.69, 9.17) is 0 Å². The van der Waals surface area contributed by atoms with Crippen LogP contribution in [0.3, 0.4) is 0 Å². The minimum atomic E-state index is 1.16. The number of benzene rings is 10. The number of hydrogen-bond acceptors (Lipinski definition) is 0. The first-order valence-corrected chi connectivity index (χ1v) is 18.7. The van der Waals surface area contributed by atoms with Gasteiger partial charge in [0.15, 0.2) is 0 Å². The van der Waals surface area contributed by atoms with Gasteiger partial charge < -0.3 is 9.13 Å². The number of nitrogens with zero attached hydrogens (tertiary/aromatic N) is 2. The molecule has 10 aromatic carbocycles. The van der Waals surface area contributed by atoms with Crippen LogP contribution < -0.4 is 0 Å². The number of para-hydroxylation sites is 2. The molecule has 0 fully saturated rings. The highest BCUT2D eigenvalue weighted by Gasteiger charge is 2.17. The fourth-order valence-corrected chi connectivity index (χ4v) is 9.13. The maximum atomic E-state index is 2.42. The van der Waals surface area contributed by atoms with Crippen molar-refractivity contribution in [2.45, 2.75) is 0 Å². The van der Waals surface area contributed by atoms with Crippen molar-refractivity contribution in [2.24, 2.45) is 0 Å². The third kappa shape index (κ3) is 4.22. The third-order valence-corrected chi connectivity index (χ3v) is 11.6. The largest absolute Gasteiger partial charge is 0.309 e. The standard InChI is InChI=1S/C52H32N2/c1-3-11-37-31-45-39(29-35(37)9-1)21-27-49-51(45)43-13-5-7-15-47(43)53(49)41-23-17-33(18-24-41)34-19-25-42(26-20-34)54-48-16-8-6-14-44(48)52-46-32-38-12-4-2-10-36(38)30-40(46)22-28-50(52)54/h1-32H. The van der Waals surface area contributed by atoms with Gasteiger partial charge in [0.05, 0.1) is 22.1 Å². The number of fused-ring (bicyclic) bond motifs is 12. The molecule has 0 N–H and O–H groups in total. The van der Waals surface area contributed by atoms with E-state index in [1.807, 2.05) is 0 Å². The van der Waals surface area contributed by atoms with E-state index in [1.54, 1.807) is 0 Å². The molecule has 0 aliphatic rings. The van der Waals surface area contributed by atoms with Crippen LogP contribution in [0.5, 0.6) is 0 Å². The van der Waals surface area contributed by atoms with Gasteiger partial charge in [0.2, 0.25) is 0 Å². The van der Waals surface area contributed by atoms with Gasteiger partial charge in [-0.15, -0.1) is 0 Å². The highest BCUT2D eigenvalue weighted by molar-refractivity contribution is 6.24. The molecule has 0 saturated carbocycles. The van der Waals surface area contributed by atoms with E-state index < -0.39 is 0 Å². The summed E-state index contributed by atoms with van der Waals surface area (Å²) < 4.78 is 4.84. The van der Waals surface area contributed by atoms with Gasteiger partial charge in [-0.3, -0.25) is 0 Å². The Kier molecular flexibility index (Phi) is 6.09. The first-order chi connectivity index (χ1) is 26.8. The number of aromatic nitrogens is 2. The molecule has 0 aliphatic heterocycles. The molecule has 0 spiro atoms. The highest BCUT2D eigenvalue weighted by Crippen LogP contribution is 2.40. The second-order valence-electron chi connectivity index (χ2n) is 14.6. The topological polar surface area (TPSA) is 9.86 Å². The first kappa shape index (κ1) is 29.4. The maximum absolute atomic E-state index is 2.42. The van der Waals surface area contributed by atoms with Crippen molar-refractivity contribution in [3.8, 4) is 22.5 Å². The zero-order valence-electron chi connectivity index (χ0n) is 29.4. The van der Waals surface area contributed by atoms with E-state index >= 15 is 0 Å². The van der Waals surface area contributed by atoms with Crippen LogP contribution in [0.4, 0.5) is 0 Å². The molecule has 2 heteroatoms. The molecule has 2 nitrogen and oxygen atoms in total. The molecule has 0 radical (unpaired) electrons. The number of hydrogen-bond donors (Lipinski definition) is 0. The van der Waals surface area contributed by atoms with E-state index in [9.17, 15) is 0 Å². The van der Waals surface area contributed by atoms with Crippen LogP contribution >= 0.6 is 0 Å². The van der Waals surface area contributed by atoms with Crippen molar-refractivity contribution in [1.82, 2.24) is 9.13 Å². The molecule has 250 valence electrons. The van der Waals surface area contributed by atoms with Crippen molar-refractivity contribution < 1.29 is 0 Å². The van der Waals surface area contributed by atoms with Crippen LogP contribution in [0.25, 0.3) is 109 Å². The molecule has 0 atom stereocenters. The Balaban J connectivity index is 0.956. The van der Waals surface area contributed by atoms with Crippen molar-refractivity contribution >= 4 is 86.7 Å². The molecule has 0 unspecified atom stereocenters. The summed E-state index contributed by atoms with van der Waals surface area (Å²) in [6.45, 7) is 0. The van der Waals surface area contributed by atoms with Crippen molar-refractivity contribution in [2.75, 3.05) is 0 Å². The monoisotopic (exact) mass is 684 g/mol. The smallest absolute Gasteiger partial charge is 0.0547 e. The van der Waals surface area contributed by atoms with Crippen molar-refractivity contribution in [3.63, 3.8) is 0 Å². The van der Waals surface area contributed by atoms with Gasteiger partial charge in [-0.1, -0.05) is 121 Å². The molecule has 0 bridgehead atoms. The van der Waals surface area contributed by atoms with Crippen LogP contribution in [-0.4, -0.2) is 9.13 Å². The normalized spacial score (nSPS) is 12.1. The van der Waals surface area contributed by atoms with Crippen LogP contribution in [0.2, 0.25) is 0 Å². The van der Waals surface area contributed by atoms with E-state index in [0.29, 0.717) is 0 Å². The summed E-state index contributed by atoms with van der Waals surface area (Å²) in [6.07, 6.45) is 0. The predicted octanol–water partition coefficient (Wildman–Crippen LogP) is 14.2. The fraction of sp³-hybridized carbons (Fsp3) is 0. The third-order valence-electron chi connectivity index (χ3n) is 11.6. The Morgan fingerprint density at radius 2 is 0.611 bits per heavy atom. The Morgan fingerprint density at radius 3 is 1.04 bits per heavy atom. The second-order valence-corrected chi connectivity index (χ2v) is 14.6. The minimum absolute atomic E-state index is 1.16. The van der Waals surface area contributed by atoms with E-state index in [-0.39, 0.29) is 0 Å².